The van der Waals surface area contributed by atoms with Gasteiger partial charge in [0, 0.05) is 10.2 Å². The first-order valence-electron chi connectivity index (χ1n) is 7.82. The molecule has 0 atom stereocenters. The van der Waals surface area contributed by atoms with E-state index in [9.17, 15) is 14.7 Å². The molecule has 2 aromatic rings. The van der Waals surface area contributed by atoms with Crippen molar-refractivity contribution in [3.63, 3.8) is 0 Å². The molecule has 2 aromatic carbocycles. The van der Waals surface area contributed by atoms with Crippen LogP contribution in [0, 0.1) is 0 Å². The number of carbonyl (C=O) groups excluding carboxylic acids is 2. The third kappa shape index (κ3) is 3.28. The number of hydrogen-bond acceptors (Lipinski definition) is 4. The quantitative estimate of drug-likeness (QED) is 0.609. The molecule has 1 aliphatic heterocycles. The molecule has 0 unspecified atom stereocenters. The summed E-state index contributed by atoms with van der Waals surface area (Å²) in [4.78, 5) is 26.9. The van der Waals surface area contributed by atoms with E-state index in [0.29, 0.717) is 16.9 Å². The van der Waals surface area contributed by atoms with Crippen molar-refractivity contribution in [3.8, 4) is 5.75 Å². The van der Waals surface area contributed by atoms with Crippen molar-refractivity contribution < 1.29 is 19.4 Å². The van der Waals surface area contributed by atoms with Gasteiger partial charge in [0.2, 0.25) is 0 Å². The fourth-order valence-electron chi connectivity index (χ4n) is 2.84. The number of hydrogen-bond donors (Lipinski definition) is 1. The molecule has 3 rings (SSSR count). The van der Waals surface area contributed by atoms with E-state index in [2.05, 4.69) is 15.9 Å². The van der Waals surface area contributed by atoms with Crippen molar-refractivity contribution in [2.45, 2.75) is 6.92 Å². The van der Waals surface area contributed by atoms with Crippen molar-refractivity contribution in [3.05, 3.63) is 75.4 Å². The fourth-order valence-corrected chi connectivity index (χ4v) is 3.23. The first-order chi connectivity index (χ1) is 12.4. The van der Waals surface area contributed by atoms with Gasteiger partial charge in [0.15, 0.2) is 0 Å². The fraction of sp³-hybridized carbons (Fsp3) is 0.100. The highest BCUT2D eigenvalue weighted by molar-refractivity contribution is 9.10. The number of aromatic hydroxyl groups is 1. The van der Waals surface area contributed by atoms with Gasteiger partial charge in [0.1, 0.15) is 5.75 Å². The predicted octanol–water partition coefficient (Wildman–Crippen LogP) is 4.03. The average molecular weight is 414 g/mol. The van der Waals surface area contributed by atoms with Crippen LogP contribution >= 0.6 is 15.9 Å². The van der Waals surface area contributed by atoms with Crippen LogP contribution in [0.5, 0.6) is 5.75 Å². The van der Waals surface area contributed by atoms with Gasteiger partial charge in [0.25, 0.3) is 5.91 Å². The Labute approximate surface area is 159 Å². The third-order valence-corrected chi connectivity index (χ3v) is 4.55. The first kappa shape index (κ1) is 17.9. The Kier molecular flexibility index (Phi) is 4.95. The molecule has 0 saturated heterocycles. The number of phenolic OH excluding ortho intramolecular Hbond substituents is 1. The van der Waals surface area contributed by atoms with Gasteiger partial charge in [0.05, 0.1) is 23.9 Å². The number of phenols is 1. The summed E-state index contributed by atoms with van der Waals surface area (Å²) in [7, 11) is 1.28. The van der Waals surface area contributed by atoms with E-state index in [-0.39, 0.29) is 22.8 Å². The number of anilines is 1. The lowest BCUT2D eigenvalue weighted by Crippen LogP contribution is -2.24. The van der Waals surface area contributed by atoms with Crippen LogP contribution in [0.4, 0.5) is 5.69 Å². The molecule has 1 amide bonds. The molecular weight excluding hydrogens is 398 g/mol. The SMILES string of the molecule is COC(=O)C1=C(C)N(c2cccc(Br)c2)C(=O)/C1=C\c1ccc(O)cc1. The number of allylic oxidation sites excluding steroid dienone is 1. The van der Waals surface area contributed by atoms with Gasteiger partial charge in [-0.3, -0.25) is 9.69 Å². The number of carbonyl (C=O) groups is 2. The Morgan fingerprint density at radius 1 is 1.19 bits per heavy atom. The smallest absolute Gasteiger partial charge is 0.340 e. The topological polar surface area (TPSA) is 66.8 Å². The molecule has 0 saturated carbocycles. The summed E-state index contributed by atoms with van der Waals surface area (Å²) in [6.07, 6.45) is 1.62. The molecule has 1 aliphatic rings. The number of halogens is 1. The summed E-state index contributed by atoms with van der Waals surface area (Å²) in [5.74, 6) is -0.756. The van der Waals surface area contributed by atoms with Gasteiger partial charge < -0.3 is 9.84 Å². The van der Waals surface area contributed by atoms with Gasteiger partial charge in [-0.05, 0) is 48.9 Å². The van der Waals surface area contributed by atoms with Gasteiger partial charge in [-0.15, -0.1) is 0 Å². The second-order valence-corrected chi connectivity index (χ2v) is 6.64. The van der Waals surface area contributed by atoms with E-state index in [1.54, 1.807) is 37.3 Å². The highest BCUT2D eigenvalue weighted by Gasteiger charge is 2.37. The number of benzene rings is 2. The molecule has 5 nitrogen and oxygen atoms in total. The van der Waals surface area contributed by atoms with Crippen molar-refractivity contribution >= 4 is 39.6 Å². The Hall–Kier alpha value is -2.86. The summed E-state index contributed by atoms with van der Waals surface area (Å²) < 4.78 is 5.71. The minimum absolute atomic E-state index is 0.126. The standard InChI is InChI=1S/C20H16BrNO4/c1-12-18(20(25)26-2)17(10-13-6-8-16(23)9-7-13)19(24)22(12)15-5-3-4-14(21)11-15/h3-11,23H,1-2H3/b17-10-. The molecule has 0 bridgehead atoms. The highest BCUT2D eigenvalue weighted by atomic mass is 79.9. The molecule has 0 spiro atoms. The minimum Gasteiger partial charge on any atom is -0.508 e. The number of esters is 1. The molecule has 0 radical (unpaired) electrons. The maximum absolute atomic E-state index is 13.1. The van der Waals surface area contributed by atoms with E-state index >= 15 is 0 Å². The largest absolute Gasteiger partial charge is 0.508 e. The lowest BCUT2D eigenvalue weighted by molar-refractivity contribution is -0.136. The summed E-state index contributed by atoms with van der Waals surface area (Å²) in [5, 5.41) is 9.42. The number of nitrogens with zero attached hydrogens (tertiary/aromatic N) is 1. The second-order valence-electron chi connectivity index (χ2n) is 5.72. The summed E-state index contributed by atoms with van der Waals surface area (Å²) in [6, 6.07) is 13.7. The lowest BCUT2D eigenvalue weighted by Gasteiger charge is -2.18. The Balaban J connectivity index is 2.13. The van der Waals surface area contributed by atoms with Gasteiger partial charge in [-0.25, -0.2) is 4.79 Å². The number of methoxy groups -OCH3 is 1. The zero-order valence-electron chi connectivity index (χ0n) is 14.2. The van der Waals surface area contributed by atoms with Crippen molar-refractivity contribution in [1.82, 2.24) is 0 Å². The summed E-state index contributed by atoms with van der Waals surface area (Å²) in [6.45, 7) is 1.71. The van der Waals surface area contributed by atoms with E-state index in [4.69, 9.17) is 4.74 Å². The van der Waals surface area contributed by atoms with Crippen LogP contribution in [0.3, 0.4) is 0 Å². The molecule has 0 aliphatic carbocycles. The molecule has 132 valence electrons. The summed E-state index contributed by atoms with van der Waals surface area (Å²) in [5.41, 5.74) is 2.32. The van der Waals surface area contributed by atoms with Crippen LogP contribution in [-0.2, 0) is 14.3 Å². The van der Waals surface area contributed by atoms with Gasteiger partial charge >= 0.3 is 5.97 Å². The number of ether oxygens (including phenoxy) is 1. The number of amides is 1. The van der Waals surface area contributed by atoms with E-state index in [1.807, 2.05) is 12.1 Å². The average Bonchev–Trinajstić information content (AvgIpc) is 2.86. The summed E-state index contributed by atoms with van der Waals surface area (Å²) >= 11 is 3.40. The minimum atomic E-state index is -0.571. The van der Waals surface area contributed by atoms with Crippen molar-refractivity contribution in [1.29, 1.82) is 0 Å². The highest BCUT2D eigenvalue weighted by Crippen LogP contribution is 2.36. The molecule has 1 heterocycles. The van der Waals surface area contributed by atoms with E-state index in [0.717, 1.165) is 4.47 Å². The second kappa shape index (κ2) is 7.17. The van der Waals surface area contributed by atoms with E-state index in [1.165, 1.54) is 24.1 Å². The Morgan fingerprint density at radius 3 is 2.50 bits per heavy atom. The van der Waals surface area contributed by atoms with Crippen LogP contribution in [0.25, 0.3) is 6.08 Å². The maximum Gasteiger partial charge on any atom is 0.340 e. The van der Waals surface area contributed by atoms with Gasteiger partial charge in [-0.2, -0.15) is 0 Å². The lowest BCUT2D eigenvalue weighted by atomic mass is 10.0. The van der Waals surface area contributed by atoms with Crippen LogP contribution in [-0.4, -0.2) is 24.1 Å². The third-order valence-electron chi connectivity index (χ3n) is 4.06. The van der Waals surface area contributed by atoms with Crippen LogP contribution in [0.2, 0.25) is 0 Å². The van der Waals surface area contributed by atoms with Crippen LogP contribution in [0.15, 0.2) is 69.8 Å². The Bertz CT molecular complexity index is 945. The zero-order chi connectivity index (χ0) is 18.8. The maximum atomic E-state index is 13.1. The molecule has 0 fully saturated rings. The molecular formula is C20H16BrNO4. The van der Waals surface area contributed by atoms with Crippen LogP contribution in [0.1, 0.15) is 12.5 Å². The predicted molar refractivity (Wildman–Crippen MR) is 102 cm³/mol. The first-order valence-corrected chi connectivity index (χ1v) is 8.62. The van der Waals surface area contributed by atoms with Gasteiger partial charge in [-0.1, -0.05) is 34.1 Å². The molecule has 26 heavy (non-hydrogen) atoms. The monoisotopic (exact) mass is 413 g/mol. The van der Waals surface area contributed by atoms with Crippen molar-refractivity contribution in [2.24, 2.45) is 0 Å². The van der Waals surface area contributed by atoms with E-state index < -0.39 is 5.97 Å². The molecule has 1 N–H and O–H groups in total. The van der Waals surface area contributed by atoms with Crippen molar-refractivity contribution in [2.75, 3.05) is 12.0 Å². The number of rotatable bonds is 3. The Morgan fingerprint density at radius 2 is 1.88 bits per heavy atom. The van der Waals surface area contributed by atoms with Crippen LogP contribution < -0.4 is 4.90 Å². The normalized spacial score (nSPS) is 15.7. The molecule has 0 aromatic heterocycles. The zero-order valence-corrected chi connectivity index (χ0v) is 15.8. The molecule has 6 heteroatoms.